The highest BCUT2D eigenvalue weighted by Gasteiger charge is 2.14. The van der Waals surface area contributed by atoms with Crippen molar-refractivity contribution in [1.82, 2.24) is 4.90 Å². The molecule has 1 aliphatic rings. The predicted molar refractivity (Wildman–Crippen MR) is 109 cm³/mol. The van der Waals surface area contributed by atoms with Crippen molar-refractivity contribution in [2.24, 2.45) is 0 Å². The average molecular weight is 366 g/mol. The number of carbonyl (C=O) groups is 2. The van der Waals surface area contributed by atoms with Crippen molar-refractivity contribution in [3.05, 3.63) is 54.1 Å². The van der Waals surface area contributed by atoms with Crippen LogP contribution in [0, 0.1) is 0 Å². The molecule has 1 fully saturated rings. The summed E-state index contributed by atoms with van der Waals surface area (Å²) < 4.78 is 0. The summed E-state index contributed by atoms with van der Waals surface area (Å²) in [4.78, 5) is 28.0. The van der Waals surface area contributed by atoms with Gasteiger partial charge < -0.3 is 20.4 Å². The first kappa shape index (κ1) is 18.9. The van der Waals surface area contributed by atoms with E-state index in [9.17, 15) is 9.59 Å². The molecule has 1 saturated heterocycles. The zero-order chi connectivity index (χ0) is 19.2. The van der Waals surface area contributed by atoms with Gasteiger partial charge in [-0.2, -0.15) is 0 Å². The Hall–Kier alpha value is -2.86. The van der Waals surface area contributed by atoms with Gasteiger partial charge in [0, 0.05) is 50.2 Å². The molecule has 2 amide bonds. The normalized spacial score (nSPS) is 14.7. The maximum Gasteiger partial charge on any atom is 0.228 e. The second kappa shape index (κ2) is 8.68. The summed E-state index contributed by atoms with van der Waals surface area (Å²) in [5.74, 6) is -0.171. The summed E-state index contributed by atoms with van der Waals surface area (Å²) in [6.07, 6.45) is 0.292. The molecular formula is C21H26N4O2. The Morgan fingerprint density at radius 2 is 1.41 bits per heavy atom. The van der Waals surface area contributed by atoms with Crippen molar-refractivity contribution in [1.29, 1.82) is 0 Å². The second-order valence-corrected chi connectivity index (χ2v) is 6.94. The second-order valence-electron chi connectivity index (χ2n) is 6.94. The van der Waals surface area contributed by atoms with Crippen LogP contribution in [0.15, 0.2) is 48.5 Å². The van der Waals surface area contributed by atoms with Crippen LogP contribution in [0.4, 0.5) is 17.1 Å². The van der Waals surface area contributed by atoms with Crippen LogP contribution in [0.2, 0.25) is 0 Å². The Morgan fingerprint density at radius 1 is 0.852 bits per heavy atom. The first-order valence-corrected chi connectivity index (χ1v) is 9.19. The Morgan fingerprint density at radius 3 is 2.00 bits per heavy atom. The number of rotatable bonds is 5. The molecule has 1 aliphatic heterocycles. The third-order valence-electron chi connectivity index (χ3n) is 4.66. The molecule has 0 spiro atoms. The highest BCUT2D eigenvalue weighted by Crippen LogP contribution is 2.19. The minimum absolute atomic E-state index is 0.0605. The van der Waals surface area contributed by atoms with E-state index in [1.807, 2.05) is 24.3 Å². The van der Waals surface area contributed by atoms with Gasteiger partial charge in [0.1, 0.15) is 0 Å². The molecule has 6 heteroatoms. The molecule has 0 atom stereocenters. The number of nitrogens with one attached hydrogen (secondary N) is 2. The van der Waals surface area contributed by atoms with Crippen LogP contribution in [0.5, 0.6) is 0 Å². The fraction of sp³-hybridized carbons (Fsp3) is 0.333. The first-order valence-electron chi connectivity index (χ1n) is 9.19. The number of amides is 2. The largest absolute Gasteiger partial charge is 0.369 e. The molecule has 142 valence electrons. The number of likely N-dealkylation sites (N-methyl/N-ethyl adjacent to an activating group) is 1. The number of hydrogen-bond acceptors (Lipinski definition) is 4. The van der Waals surface area contributed by atoms with Crippen LogP contribution in [0.1, 0.15) is 12.5 Å². The Balaban J connectivity index is 1.52. The first-order chi connectivity index (χ1) is 13.0. The van der Waals surface area contributed by atoms with Crippen LogP contribution < -0.4 is 15.5 Å². The van der Waals surface area contributed by atoms with Crippen molar-refractivity contribution in [3.8, 4) is 0 Å². The van der Waals surface area contributed by atoms with E-state index in [0.29, 0.717) is 6.42 Å². The van der Waals surface area contributed by atoms with Crippen LogP contribution in [-0.2, 0) is 16.0 Å². The lowest BCUT2D eigenvalue weighted by atomic mass is 10.1. The summed E-state index contributed by atoms with van der Waals surface area (Å²) >= 11 is 0. The lowest BCUT2D eigenvalue weighted by Gasteiger charge is -2.34. The molecule has 3 rings (SSSR count). The van der Waals surface area contributed by atoms with Gasteiger partial charge in [-0.3, -0.25) is 9.59 Å². The van der Waals surface area contributed by atoms with Gasteiger partial charge in [-0.15, -0.1) is 0 Å². The third kappa shape index (κ3) is 5.56. The summed E-state index contributed by atoms with van der Waals surface area (Å²) in [5, 5.41) is 5.65. The maximum absolute atomic E-state index is 12.3. The molecule has 6 nitrogen and oxygen atoms in total. The van der Waals surface area contributed by atoms with E-state index in [0.717, 1.165) is 43.1 Å². The lowest BCUT2D eigenvalue weighted by molar-refractivity contribution is -0.116. The van der Waals surface area contributed by atoms with E-state index in [-0.39, 0.29) is 11.8 Å². The van der Waals surface area contributed by atoms with Crippen molar-refractivity contribution >= 4 is 28.9 Å². The smallest absolute Gasteiger partial charge is 0.228 e. The van der Waals surface area contributed by atoms with Crippen LogP contribution in [0.3, 0.4) is 0 Å². The number of hydrogen-bond donors (Lipinski definition) is 2. The van der Waals surface area contributed by atoms with E-state index in [2.05, 4.69) is 39.6 Å². The van der Waals surface area contributed by atoms with Crippen molar-refractivity contribution in [3.63, 3.8) is 0 Å². The highest BCUT2D eigenvalue weighted by atomic mass is 16.2. The minimum Gasteiger partial charge on any atom is -0.369 e. The van der Waals surface area contributed by atoms with Crippen LogP contribution >= 0.6 is 0 Å². The van der Waals surface area contributed by atoms with E-state index in [1.165, 1.54) is 12.6 Å². The highest BCUT2D eigenvalue weighted by molar-refractivity contribution is 5.92. The topological polar surface area (TPSA) is 64.7 Å². The van der Waals surface area contributed by atoms with Gasteiger partial charge in [-0.25, -0.2) is 0 Å². The molecule has 2 aromatic rings. The van der Waals surface area contributed by atoms with E-state index in [4.69, 9.17) is 0 Å². The Kier molecular flexibility index (Phi) is 6.08. The summed E-state index contributed by atoms with van der Waals surface area (Å²) in [6, 6.07) is 15.3. The maximum atomic E-state index is 12.3. The summed E-state index contributed by atoms with van der Waals surface area (Å²) in [5.41, 5.74) is 3.62. The third-order valence-corrected chi connectivity index (χ3v) is 4.66. The average Bonchev–Trinajstić information content (AvgIpc) is 2.64. The zero-order valence-corrected chi connectivity index (χ0v) is 15.9. The van der Waals surface area contributed by atoms with Gasteiger partial charge in [-0.05, 0) is 49.0 Å². The number of piperazine rings is 1. The van der Waals surface area contributed by atoms with Crippen molar-refractivity contribution in [2.75, 3.05) is 48.8 Å². The quantitative estimate of drug-likeness (QED) is 0.854. The molecule has 2 aromatic carbocycles. The van der Waals surface area contributed by atoms with Gasteiger partial charge in [0.2, 0.25) is 11.8 Å². The molecule has 0 radical (unpaired) electrons. The minimum atomic E-state index is -0.111. The Bertz CT molecular complexity index is 779. The van der Waals surface area contributed by atoms with Gasteiger partial charge >= 0.3 is 0 Å². The van der Waals surface area contributed by atoms with E-state index < -0.39 is 0 Å². The zero-order valence-electron chi connectivity index (χ0n) is 15.9. The Labute approximate surface area is 160 Å². The van der Waals surface area contributed by atoms with Crippen molar-refractivity contribution in [2.45, 2.75) is 13.3 Å². The van der Waals surface area contributed by atoms with E-state index >= 15 is 0 Å². The van der Waals surface area contributed by atoms with Crippen LogP contribution in [0.25, 0.3) is 0 Å². The fourth-order valence-electron chi connectivity index (χ4n) is 3.12. The molecule has 0 unspecified atom stereocenters. The fourth-order valence-corrected chi connectivity index (χ4v) is 3.12. The van der Waals surface area contributed by atoms with Gasteiger partial charge in [0.05, 0.1) is 6.42 Å². The predicted octanol–water partition coefficient (Wildman–Crippen LogP) is 2.58. The van der Waals surface area contributed by atoms with Crippen LogP contribution in [-0.4, -0.2) is 49.9 Å². The van der Waals surface area contributed by atoms with Crippen molar-refractivity contribution < 1.29 is 9.59 Å². The number of nitrogens with zero attached hydrogens (tertiary/aromatic N) is 2. The number of benzene rings is 2. The molecule has 0 bridgehead atoms. The summed E-state index contributed by atoms with van der Waals surface area (Å²) in [7, 11) is 2.14. The van der Waals surface area contributed by atoms with E-state index in [1.54, 1.807) is 12.1 Å². The monoisotopic (exact) mass is 366 g/mol. The van der Waals surface area contributed by atoms with Gasteiger partial charge in [-0.1, -0.05) is 12.1 Å². The molecule has 0 saturated carbocycles. The SMILES string of the molecule is CC(=O)Nc1ccc(CC(=O)Nc2ccc(N3CCN(C)CC3)cc2)cc1. The molecule has 1 heterocycles. The molecule has 0 aliphatic carbocycles. The van der Waals surface area contributed by atoms with Gasteiger partial charge in [0.15, 0.2) is 0 Å². The molecule has 27 heavy (non-hydrogen) atoms. The lowest BCUT2D eigenvalue weighted by Crippen LogP contribution is -2.44. The summed E-state index contributed by atoms with van der Waals surface area (Å²) in [6.45, 7) is 5.65. The van der Waals surface area contributed by atoms with Gasteiger partial charge in [0.25, 0.3) is 0 Å². The number of carbonyl (C=O) groups excluding carboxylic acids is 2. The standard InChI is InChI=1S/C21H26N4O2/c1-16(26)22-18-5-3-17(4-6-18)15-21(27)23-19-7-9-20(10-8-19)25-13-11-24(2)12-14-25/h3-10H,11-15H2,1-2H3,(H,22,26)(H,23,27). The number of anilines is 3. The molecular weight excluding hydrogens is 340 g/mol. The molecule has 2 N–H and O–H groups in total. The molecule has 0 aromatic heterocycles.